The highest BCUT2D eigenvalue weighted by atomic mass is 32.3. The highest BCUT2D eigenvalue weighted by Crippen LogP contribution is 2.30. The lowest BCUT2D eigenvalue weighted by Crippen LogP contribution is -2.51. The van der Waals surface area contributed by atoms with Crippen molar-refractivity contribution in [2.45, 2.75) is 55.7 Å². The van der Waals surface area contributed by atoms with Crippen molar-refractivity contribution in [1.82, 2.24) is 0 Å². The Morgan fingerprint density at radius 1 is 0.833 bits per heavy atom. The first-order valence-electron chi connectivity index (χ1n) is 5.17. The number of hydrogen-bond acceptors (Lipinski definition) is 6. The number of sulfone groups is 2. The van der Waals surface area contributed by atoms with Gasteiger partial charge in [-0.1, -0.05) is 0 Å². The minimum atomic E-state index is -4.47. The molecule has 0 amide bonds. The monoisotopic (exact) mass is 301 g/mol. The smallest absolute Gasteiger partial charge is 0.262 e. The van der Waals surface area contributed by atoms with Gasteiger partial charge in [-0.3, -0.25) is 10.1 Å². The van der Waals surface area contributed by atoms with Gasteiger partial charge in [-0.25, -0.2) is 16.8 Å². The second-order valence-electron chi connectivity index (χ2n) is 5.91. The second kappa shape index (κ2) is 4.44. The number of nitrogens with zero attached hydrogens (tertiary/aromatic N) is 1. The summed E-state index contributed by atoms with van der Waals surface area (Å²) in [5.74, 6) is 0. The van der Waals surface area contributed by atoms with Crippen LogP contribution in [0.3, 0.4) is 0 Å². The summed E-state index contributed by atoms with van der Waals surface area (Å²) in [6, 6.07) is 0. The summed E-state index contributed by atoms with van der Waals surface area (Å²) in [5, 5.41) is 10.9. The Labute approximate surface area is 108 Å². The van der Waals surface area contributed by atoms with Gasteiger partial charge in [0.15, 0.2) is 0 Å². The molecule has 108 valence electrons. The average molecular weight is 301 g/mol. The summed E-state index contributed by atoms with van der Waals surface area (Å²) in [6.07, 6.45) is 0. The Kier molecular flexibility index (Phi) is 4.27. The highest BCUT2D eigenvalue weighted by molar-refractivity contribution is 8.09. The normalized spacial score (nSPS) is 14.8. The molecule has 18 heavy (non-hydrogen) atoms. The van der Waals surface area contributed by atoms with Gasteiger partial charge in [-0.2, -0.15) is 0 Å². The zero-order valence-corrected chi connectivity index (χ0v) is 12.9. The van der Waals surface area contributed by atoms with Crippen molar-refractivity contribution in [3.8, 4) is 0 Å². The quantitative estimate of drug-likeness (QED) is 0.567. The molecule has 0 atom stereocenters. The van der Waals surface area contributed by atoms with Crippen molar-refractivity contribution in [2.75, 3.05) is 0 Å². The van der Waals surface area contributed by atoms with E-state index in [1.165, 1.54) is 41.5 Å². The van der Waals surface area contributed by atoms with Crippen molar-refractivity contribution in [3.63, 3.8) is 0 Å². The van der Waals surface area contributed by atoms with E-state index in [2.05, 4.69) is 0 Å². The molecule has 0 aromatic heterocycles. The fourth-order valence-corrected chi connectivity index (χ4v) is 5.73. The molecule has 0 aromatic rings. The number of rotatable bonds is 3. The summed E-state index contributed by atoms with van der Waals surface area (Å²) >= 11 is 0. The van der Waals surface area contributed by atoms with E-state index in [9.17, 15) is 26.9 Å². The molecule has 0 unspecified atom stereocenters. The van der Waals surface area contributed by atoms with Crippen molar-refractivity contribution in [1.29, 1.82) is 0 Å². The third kappa shape index (κ3) is 2.82. The van der Waals surface area contributed by atoms with E-state index < -0.39 is 38.8 Å². The van der Waals surface area contributed by atoms with Crippen LogP contribution in [-0.2, 0) is 19.7 Å². The van der Waals surface area contributed by atoms with Crippen LogP contribution in [-0.4, -0.2) is 36.0 Å². The standard InChI is InChI=1S/C9H19NO6S2/c1-8(2,3)17(13,14)7(10(11)12)18(15,16)9(4,5)6/h7H,1-6H3. The van der Waals surface area contributed by atoms with Crippen LogP contribution in [0, 0.1) is 10.1 Å². The summed E-state index contributed by atoms with van der Waals surface area (Å²) in [4.78, 5) is 9.68. The number of hydrogen-bond donors (Lipinski definition) is 0. The van der Waals surface area contributed by atoms with Crippen LogP contribution < -0.4 is 0 Å². The van der Waals surface area contributed by atoms with E-state index in [-0.39, 0.29) is 0 Å². The predicted octanol–water partition coefficient (Wildman–Crippen LogP) is 0.973. The SMILES string of the molecule is CC(C)(C)S(=O)(=O)C([N+](=O)[O-])S(=O)(=O)C(C)(C)C. The molecule has 7 nitrogen and oxygen atoms in total. The lowest BCUT2D eigenvalue weighted by Gasteiger charge is -2.26. The molecule has 0 aliphatic heterocycles. The van der Waals surface area contributed by atoms with Crippen LogP contribution in [0.2, 0.25) is 0 Å². The van der Waals surface area contributed by atoms with Crippen LogP contribution in [0.5, 0.6) is 0 Å². The molecule has 0 spiro atoms. The largest absolute Gasteiger partial charge is 0.407 e. The molecule has 0 radical (unpaired) electrons. The molecule has 0 saturated carbocycles. The zero-order valence-electron chi connectivity index (χ0n) is 11.3. The Morgan fingerprint density at radius 3 is 1.17 bits per heavy atom. The van der Waals surface area contributed by atoms with Gasteiger partial charge >= 0.3 is 4.71 Å². The third-order valence-corrected chi connectivity index (χ3v) is 8.75. The topological polar surface area (TPSA) is 111 Å². The zero-order chi connectivity index (χ0) is 15.2. The molecule has 0 fully saturated rings. The lowest BCUT2D eigenvalue weighted by atomic mass is 10.3. The summed E-state index contributed by atoms with van der Waals surface area (Å²) in [6.45, 7) is 7.40. The summed E-state index contributed by atoms with van der Waals surface area (Å²) < 4.78 is 42.6. The van der Waals surface area contributed by atoms with Crippen LogP contribution in [0.4, 0.5) is 0 Å². The van der Waals surface area contributed by atoms with E-state index in [0.29, 0.717) is 0 Å². The maximum absolute atomic E-state index is 12.1. The fourth-order valence-electron chi connectivity index (χ4n) is 0.998. The van der Waals surface area contributed by atoms with Crippen LogP contribution >= 0.6 is 0 Å². The predicted molar refractivity (Wildman–Crippen MR) is 68.1 cm³/mol. The molecule has 0 heterocycles. The van der Waals surface area contributed by atoms with E-state index in [1.807, 2.05) is 0 Å². The Morgan fingerprint density at radius 2 is 1.06 bits per heavy atom. The third-order valence-electron chi connectivity index (χ3n) is 2.41. The molecule has 0 aliphatic rings. The van der Waals surface area contributed by atoms with E-state index in [0.717, 1.165) is 0 Å². The average Bonchev–Trinajstić information content (AvgIpc) is 1.96. The molecule has 0 saturated heterocycles. The van der Waals surface area contributed by atoms with Gasteiger partial charge in [-0.15, -0.1) is 0 Å². The van der Waals surface area contributed by atoms with Gasteiger partial charge in [0.1, 0.15) is 0 Å². The first kappa shape index (κ1) is 17.3. The van der Waals surface area contributed by atoms with Crippen LogP contribution in [0.25, 0.3) is 0 Å². The molecule has 0 N–H and O–H groups in total. The van der Waals surface area contributed by atoms with Gasteiger partial charge < -0.3 is 0 Å². The van der Waals surface area contributed by atoms with Crippen molar-refractivity contribution in [2.24, 2.45) is 0 Å². The maximum atomic E-state index is 12.1. The van der Waals surface area contributed by atoms with Gasteiger partial charge in [-0.05, 0) is 41.5 Å². The van der Waals surface area contributed by atoms with Gasteiger partial charge in [0.05, 0.1) is 14.4 Å². The minimum absolute atomic E-state index is 1.23. The van der Waals surface area contributed by atoms with E-state index in [4.69, 9.17) is 0 Å². The van der Waals surface area contributed by atoms with Crippen LogP contribution in [0.15, 0.2) is 0 Å². The summed E-state index contributed by atoms with van der Waals surface area (Å²) in [7, 11) is -8.93. The Hall–Kier alpha value is -0.700. The molecule has 0 bridgehead atoms. The Balaban J connectivity index is 6.23. The van der Waals surface area contributed by atoms with Crippen molar-refractivity contribution >= 4 is 19.7 Å². The molecule has 0 rings (SSSR count). The molecule has 0 aliphatic carbocycles. The first-order chi connectivity index (χ1) is 7.57. The lowest BCUT2D eigenvalue weighted by molar-refractivity contribution is -0.474. The first-order valence-corrected chi connectivity index (χ1v) is 8.26. The fraction of sp³-hybridized carbons (Fsp3) is 1.00. The van der Waals surface area contributed by atoms with Crippen LogP contribution in [0.1, 0.15) is 41.5 Å². The molecule has 0 aromatic carbocycles. The van der Waals surface area contributed by atoms with E-state index >= 15 is 0 Å². The van der Waals surface area contributed by atoms with Crippen molar-refractivity contribution in [3.05, 3.63) is 10.1 Å². The molecular weight excluding hydrogens is 282 g/mol. The van der Waals surface area contributed by atoms with Crippen molar-refractivity contribution < 1.29 is 21.8 Å². The Bertz CT molecular complexity index is 489. The minimum Gasteiger partial charge on any atom is -0.262 e. The second-order valence-corrected chi connectivity index (χ2v) is 11.7. The van der Waals surface area contributed by atoms with Gasteiger partial charge in [0.2, 0.25) is 19.7 Å². The van der Waals surface area contributed by atoms with E-state index in [1.54, 1.807) is 0 Å². The number of nitro groups is 1. The highest BCUT2D eigenvalue weighted by Gasteiger charge is 2.57. The summed E-state index contributed by atoms with van der Waals surface area (Å²) in [5.41, 5.74) is 0. The molecule has 9 heteroatoms. The molecular formula is C9H19NO6S2. The van der Waals surface area contributed by atoms with Gasteiger partial charge in [0.25, 0.3) is 0 Å². The maximum Gasteiger partial charge on any atom is 0.407 e. The van der Waals surface area contributed by atoms with Gasteiger partial charge in [0, 0.05) is 0 Å².